The Morgan fingerprint density at radius 3 is 2.28 bits per heavy atom. The van der Waals surface area contributed by atoms with Crippen molar-refractivity contribution < 1.29 is 18.3 Å². The van der Waals surface area contributed by atoms with E-state index in [2.05, 4.69) is 0 Å². The molecule has 0 saturated carbocycles. The van der Waals surface area contributed by atoms with Crippen molar-refractivity contribution in [3.05, 3.63) is 23.3 Å². The van der Waals surface area contributed by atoms with E-state index in [1.165, 1.54) is 26.4 Å². The Balaban J connectivity index is 3.45. The molecule has 1 atom stereocenters. The Hall–Kier alpha value is -1.36. The highest BCUT2D eigenvalue weighted by molar-refractivity contribution is 5.51. The van der Waals surface area contributed by atoms with Crippen molar-refractivity contribution in [3.8, 4) is 11.5 Å². The van der Waals surface area contributed by atoms with Crippen LogP contribution in [0, 0.1) is 0 Å². The SMILES string of the molecule is COc1cc(C(C)(F)F)cc(C(C)CN)c1OC. The molecule has 0 bridgehead atoms. The molecule has 0 aliphatic rings. The van der Waals surface area contributed by atoms with Gasteiger partial charge in [0, 0.05) is 18.1 Å². The fourth-order valence-corrected chi connectivity index (χ4v) is 1.74. The molecular formula is C13H19F2NO2. The summed E-state index contributed by atoms with van der Waals surface area (Å²) in [7, 11) is 2.90. The first-order valence-corrected chi connectivity index (χ1v) is 5.69. The van der Waals surface area contributed by atoms with Crippen molar-refractivity contribution in [3.63, 3.8) is 0 Å². The van der Waals surface area contributed by atoms with Crippen molar-refractivity contribution in [2.45, 2.75) is 25.7 Å². The number of nitrogens with two attached hydrogens (primary N) is 1. The molecule has 0 saturated heterocycles. The number of benzene rings is 1. The maximum atomic E-state index is 13.4. The van der Waals surface area contributed by atoms with Crippen LogP contribution in [0.3, 0.4) is 0 Å². The fraction of sp³-hybridized carbons (Fsp3) is 0.538. The van der Waals surface area contributed by atoms with Gasteiger partial charge in [-0.15, -0.1) is 0 Å². The minimum atomic E-state index is -2.93. The van der Waals surface area contributed by atoms with E-state index in [0.29, 0.717) is 23.6 Å². The predicted octanol–water partition coefficient (Wildman–Crippen LogP) is 2.88. The van der Waals surface area contributed by atoms with E-state index in [1.807, 2.05) is 6.92 Å². The van der Waals surface area contributed by atoms with Crippen LogP contribution >= 0.6 is 0 Å². The highest BCUT2D eigenvalue weighted by Crippen LogP contribution is 2.40. The lowest BCUT2D eigenvalue weighted by Crippen LogP contribution is -2.14. The van der Waals surface area contributed by atoms with Crippen molar-refractivity contribution >= 4 is 0 Å². The molecule has 3 nitrogen and oxygen atoms in total. The van der Waals surface area contributed by atoms with Crippen LogP contribution < -0.4 is 15.2 Å². The summed E-state index contributed by atoms with van der Waals surface area (Å²) in [6.07, 6.45) is 0. The maximum Gasteiger partial charge on any atom is 0.270 e. The van der Waals surface area contributed by atoms with Crippen LogP contribution in [0.4, 0.5) is 8.78 Å². The van der Waals surface area contributed by atoms with Crippen molar-refractivity contribution in [1.29, 1.82) is 0 Å². The second kappa shape index (κ2) is 5.52. The predicted molar refractivity (Wildman–Crippen MR) is 66.6 cm³/mol. The van der Waals surface area contributed by atoms with Gasteiger partial charge in [0.25, 0.3) is 5.92 Å². The van der Waals surface area contributed by atoms with Gasteiger partial charge >= 0.3 is 0 Å². The molecule has 1 rings (SSSR count). The normalized spacial score (nSPS) is 13.3. The quantitative estimate of drug-likeness (QED) is 0.884. The number of rotatable bonds is 5. The summed E-state index contributed by atoms with van der Waals surface area (Å²) in [6.45, 7) is 3.05. The number of halogens is 2. The van der Waals surface area contributed by atoms with E-state index in [-0.39, 0.29) is 11.5 Å². The van der Waals surface area contributed by atoms with Crippen LogP contribution in [0.5, 0.6) is 11.5 Å². The molecule has 1 unspecified atom stereocenters. The average Bonchev–Trinajstić information content (AvgIpc) is 2.34. The second-order valence-electron chi connectivity index (χ2n) is 4.33. The van der Waals surface area contributed by atoms with Crippen LogP contribution in [0.1, 0.15) is 30.9 Å². The van der Waals surface area contributed by atoms with Crippen LogP contribution in [-0.4, -0.2) is 20.8 Å². The summed E-state index contributed by atoms with van der Waals surface area (Å²) < 4.78 is 37.2. The van der Waals surface area contributed by atoms with Gasteiger partial charge in [-0.25, -0.2) is 8.78 Å². The molecule has 0 fully saturated rings. The Morgan fingerprint density at radius 1 is 1.28 bits per heavy atom. The van der Waals surface area contributed by atoms with E-state index in [4.69, 9.17) is 15.2 Å². The standard InChI is InChI=1S/C13H19F2NO2/c1-8(7-16)10-5-9(13(2,14)15)6-11(17-3)12(10)18-4/h5-6,8H,7,16H2,1-4H3. The maximum absolute atomic E-state index is 13.4. The van der Waals surface area contributed by atoms with Gasteiger partial charge in [-0.3, -0.25) is 0 Å². The topological polar surface area (TPSA) is 44.5 Å². The highest BCUT2D eigenvalue weighted by Gasteiger charge is 2.28. The van der Waals surface area contributed by atoms with Gasteiger partial charge in [0.05, 0.1) is 14.2 Å². The minimum absolute atomic E-state index is 0.0869. The smallest absolute Gasteiger partial charge is 0.270 e. The molecule has 5 heteroatoms. The molecule has 1 aromatic carbocycles. The van der Waals surface area contributed by atoms with Gasteiger partial charge in [0.2, 0.25) is 0 Å². The second-order valence-corrected chi connectivity index (χ2v) is 4.33. The molecule has 0 heterocycles. The monoisotopic (exact) mass is 259 g/mol. The molecule has 0 radical (unpaired) electrons. The first-order valence-electron chi connectivity index (χ1n) is 5.69. The molecule has 0 aliphatic heterocycles. The van der Waals surface area contributed by atoms with Gasteiger partial charge in [0.15, 0.2) is 11.5 Å². The van der Waals surface area contributed by atoms with E-state index < -0.39 is 5.92 Å². The molecule has 0 aromatic heterocycles. The number of ether oxygens (including phenoxy) is 2. The molecule has 0 amide bonds. The average molecular weight is 259 g/mol. The van der Waals surface area contributed by atoms with Gasteiger partial charge in [0.1, 0.15) is 0 Å². The lowest BCUT2D eigenvalue weighted by atomic mass is 9.95. The number of methoxy groups -OCH3 is 2. The number of hydrogen-bond donors (Lipinski definition) is 1. The van der Waals surface area contributed by atoms with Crippen LogP contribution in [-0.2, 0) is 5.92 Å². The van der Waals surface area contributed by atoms with Crippen molar-refractivity contribution in [2.75, 3.05) is 20.8 Å². The highest BCUT2D eigenvalue weighted by atomic mass is 19.3. The van der Waals surface area contributed by atoms with E-state index in [1.54, 1.807) is 0 Å². The third kappa shape index (κ3) is 2.90. The van der Waals surface area contributed by atoms with Gasteiger partial charge in [-0.1, -0.05) is 6.92 Å². The lowest BCUT2D eigenvalue weighted by Gasteiger charge is -2.20. The van der Waals surface area contributed by atoms with E-state index >= 15 is 0 Å². The molecular weight excluding hydrogens is 240 g/mol. The molecule has 102 valence electrons. The van der Waals surface area contributed by atoms with Crippen LogP contribution in [0.15, 0.2) is 12.1 Å². The summed E-state index contributed by atoms with van der Waals surface area (Å²) in [5.41, 5.74) is 6.13. The molecule has 0 aliphatic carbocycles. The minimum Gasteiger partial charge on any atom is -0.493 e. The third-order valence-electron chi connectivity index (χ3n) is 2.90. The summed E-state index contributed by atoms with van der Waals surface area (Å²) >= 11 is 0. The first-order chi connectivity index (χ1) is 8.35. The summed E-state index contributed by atoms with van der Waals surface area (Å²) in [4.78, 5) is 0. The summed E-state index contributed by atoms with van der Waals surface area (Å²) in [5, 5.41) is 0. The Labute approximate surface area is 106 Å². The van der Waals surface area contributed by atoms with Crippen molar-refractivity contribution in [2.24, 2.45) is 5.73 Å². The molecule has 2 N–H and O–H groups in total. The van der Waals surface area contributed by atoms with Crippen molar-refractivity contribution in [1.82, 2.24) is 0 Å². The first kappa shape index (κ1) is 14.7. The summed E-state index contributed by atoms with van der Waals surface area (Å²) in [6, 6.07) is 2.73. The van der Waals surface area contributed by atoms with Gasteiger partial charge < -0.3 is 15.2 Å². The number of hydrogen-bond acceptors (Lipinski definition) is 3. The molecule has 1 aromatic rings. The van der Waals surface area contributed by atoms with E-state index in [9.17, 15) is 8.78 Å². The van der Waals surface area contributed by atoms with Crippen LogP contribution in [0.25, 0.3) is 0 Å². The summed E-state index contributed by atoms with van der Waals surface area (Å²) in [5.74, 6) is -2.26. The zero-order chi connectivity index (χ0) is 13.9. The Morgan fingerprint density at radius 2 is 1.89 bits per heavy atom. The van der Waals surface area contributed by atoms with Gasteiger partial charge in [-0.05, 0) is 24.6 Å². The van der Waals surface area contributed by atoms with E-state index in [0.717, 1.165) is 6.92 Å². The molecule has 0 spiro atoms. The molecule has 18 heavy (non-hydrogen) atoms. The Kier molecular flexibility index (Phi) is 4.51. The zero-order valence-corrected chi connectivity index (χ0v) is 11.1. The Bertz CT molecular complexity index is 416. The third-order valence-corrected chi connectivity index (χ3v) is 2.90. The fourth-order valence-electron chi connectivity index (χ4n) is 1.74. The largest absolute Gasteiger partial charge is 0.493 e. The van der Waals surface area contributed by atoms with Crippen LogP contribution in [0.2, 0.25) is 0 Å². The zero-order valence-electron chi connectivity index (χ0n) is 11.1. The number of alkyl halides is 2. The lowest BCUT2D eigenvalue weighted by molar-refractivity contribution is 0.0171. The van der Waals surface area contributed by atoms with Gasteiger partial charge in [-0.2, -0.15) is 0 Å².